The van der Waals surface area contributed by atoms with E-state index in [9.17, 15) is 0 Å². The molecule has 2 nitrogen and oxygen atoms in total. The molecule has 3 heterocycles. The lowest BCUT2D eigenvalue weighted by Gasteiger charge is -2.24. The highest BCUT2D eigenvalue weighted by atomic mass is 32.1. The third-order valence-electron chi connectivity index (χ3n) is 9.75. The van der Waals surface area contributed by atoms with Gasteiger partial charge in [-0.15, -0.1) is 11.3 Å². The van der Waals surface area contributed by atoms with E-state index in [0.29, 0.717) is 0 Å². The molecule has 0 spiro atoms. The fraction of sp³-hybridized carbons (Fsp3) is 0.0476. The number of nitrogens with one attached hydrogen (secondary N) is 1. The lowest BCUT2D eigenvalue weighted by atomic mass is 9.58. The van der Waals surface area contributed by atoms with Gasteiger partial charge in [0.1, 0.15) is 0 Å². The molecule has 7 aromatic carbocycles. The number of thiophene rings is 1. The number of nitrogens with zero attached hydrogens (tertiary/aromatic N) is 1. The molecule has 1 radical (unpaired) electrons. The van der Waals surface area contributed by atoms with E-state index < -0.39 is 0 Å². The summed E-state index contributed by atoms with van der Waals surface area (Å²) in [4.78, 5) is 0. The highest BCUT2D eigenvalue weighted by molar-refractivity contribution is 7.25. The number of aryl methyl sites for hydroxylation is 2. The molecule has 4 heteroatoms. The molecule has 1 N–H and O–H groups in total. The van der Waals surface area contributed by atoms with Gasteiger partial charge in [-0.05, 0) is 89.7 Å². The fourth-order valence-electron chi connectivity index (χ4n) is 7.60. The minimum absolute atomic E-state index is 1.09. The third-order valence-corrected chi connectivity index (χ3v) is 10.9. The van der Waals surface area contributed by atoms with Crippen molar-refractivity contribution in [3.63, 3.8) is 0 Å². The predicted molar refractivity (Wildman–Crippen MR) is 201 cm³/mol. The minimum Gasteiger partial charge on any atom is -0.355 e. The predicted octanol–water partition coefficient (Wildman–Crippen LogP) is 10.3. The molecule has 0 unspecified atom stereocenters. The fourth-order valence-corrected chi connectivity index (χ4v) is 8.74. The Morgan fingerprint density at radius 1 is 0.630 bits per heavy atom. The minimum atomic E-state index is 1.09. The smallest absolute Gasteiger partial charge is 0.197 e. The summed E-state index contributed by atoms with van der Waals surface area (Å²) in [5.41, 5.74) is 13.5. The molecule has 9 aromatic rings. The highest BCUT2D eigenvalue weighted by Crippen LogP contribution is 2.42. The van der Waals surface area contributed by atoms with Crippen LogP contribution in [-0.4, -0.2) is 11.8 Å². The summed E-state index contributed by atoms with van der Waals surface area (Å²) in [7, 11) is 2.44. The molecule has 0 amide bonds. The van der Waals surface area contributed by atoms with E-state index in [2.05, 4.69) is 158 Å². The Morgan fingerprint density at radius 3 is 2.26 bits per heavy atom. The maximum absolute atomic E-state index is 3.74. The number of para-hydroxylation sites is 1. The van der Waals surface area contributed by atoms with Gasteiger partial charge >= 0.3 is 0 Å². The number of hydrogen-bond donors (Lipinski definition) is 1. The molecule has 0 saturated heterocycles. The molecule has 215 valence electrons. The average molecular weight is 604 g/mol. The molecule has 46 heavy (non-hydrogen) atoms. The van der Waals surface area contributed by atoms with Crippen molar-refractivity contribution in [2.75, 3.05) is 5.32 Å². The summed E-state index contributed by atoms with van der Waals surface area (Å²) in [5.74, 6) is 0. The SMILES string of the molecule is Cc1ccc(Nc2ccccc2-c2cc(C)c3c4cc5ccccc5cc4n4c3c2[B]c2cc3sc5ccccc5c3cc2-4)cc1. The van der Waals surface area contributed by atoms with Crippen LogP contribution in [0.3, 0.4) is 0 Å². The summed E-state index contributed by atoms with van der Waals surface area (Å²) in [5, 5.41) is 11.6. The van der Waals surface area contributed by atoms with Crippen molar-refractivity contribution in [3.8, 4) is 16.8 Å². The van der Waals surface area contributed by atoms with Crippen molar-refractivity contribution in [2.24, 2.45) is 0 Å². The van der Waals surface area contributed by atoms with Crippen LogP contribution in [0.5, 0.6) is 0 Å². The molecule has 0 saturated carbocycles. The van der Waals surface area contributed by atoms with Gasteiger partial charge in [-0.3, -0.25) is 0 Å². The van der Waals surface area contributed by atoms with E-state index in [-0.39, 0.29) is 0 Å². The summed E-state index contributed by atoms with van der Waals surface area (Å²) in [6.45, 7) is 4.41. The summed E-state index contributed by atoms with van der Waals surface area (Å²) >= 11 is 1.88. The average Bonchev–Trinajstić information content (AvgIpc) is 3.61. The third kappa shape index (κ3) is 3.71. The summed E-state index contributed by atoms with van der Waals surface area (Å²) in [6.07, 6.45) is 0. The van der Waals surface area contributed by atoms with Gasteiger partial charge in [-0.25, -0.2) is 0 Å². The number of anilines is 2. The van der Waals surface area contributed by atoms with E-state index in [1.807, 2.05) is 11.3 Å². The van der Waals surface area contributed by atoms with Crippen LogP contribution in [0.15, 0.2) is 127 Å². The second-order valence-electron chi connectivity index (χ2n) is 12.6. The first-order chi connectivity index (χ1) is 22.6. The zero-order chi connectivity index (χ0) is 30.5. The molecule has 0 atom stereocenters. The first-order valence-electron chi connectivity index (χ1n) is 15.8. The van der Waals surface area contributed by atoms with Crippen LogP contribution in [0.1, 0.15) is 11.1 Å². The van der Waals surface area contributed by atoms with Gasteiger partial charge in [-0.1, -0.05) is 89.9 Å². The second-order valence-corrected chi connectivity index (χ2v) is 13.7. The number of fused-ring (bicyclic) bond motifs is 9. The van der Waals surface area contributed by atoms with Crippen molar-refractivity contribution in [3.05, 3.63) is 139 Å². The Hall–Kier alpha value is -5.32. The van der Waals surface area contributed by atoms with Crippen LogP contribution in [0, 0.1) is 13.8 Å². The van der Waals surface area contributed by atoms with Gasteiger partial charge in [0.2, 0.25) is 0 Å². The van der Waals surface area contributed by atoms with Gasteiger partial charge in [0, 0.05) is 59.1 Å². The molecular formula is C42H28BN2S. The molecule has 0 bridgehead atoms. The largest absolute Gasteiger partial charge is 0.355 e. The number of hydrogen-bond acceptors (Lipinski definition) is 2. The van der Waals surface area contributed by atoms with Crippen LogP contribution in [-0.2, 0) is 0 Å². The molecule has 1 aliphatic heterocycles. The Balaban J connectivity index is 1.31. The van der Waals surface area contributed by atoms with Crippen molar-refractivity contribution >= 4 is 93.7 Å². The van der Waals surface area contributed by atoms with Crippen LogP contribution < -0.4 is 16.2 Å². The van der Waals surface area contributed by atoms with Crippen molar-refractivity contribution in [2.45, 2.75) is 13.8 Å². The summed E-state index contributed by atoms with van der Waals surface area (Å²) in [6, 6.07) is 47.0. The molecule has 0 aliphatic carbocycles. The van der Waals surface area contributed by atoms with Crippen LogP contribution in [0.2, 0.25) is 0 Å². The van der Waals surface area contributed by atoms with Gasteiger partial charge in [0.15, 0.2) is 7.28 Å². The maximum Gasteiger partial charge on any atom is 0.197 e. The van der Waals surface area contributed by atoms with Crippen LogP contribution in [0.25, 0.3) is 69.6 Å². The molecule has 0 fully saturated rings. The maximum atomic E-state index is 3.74. The second kappa shape index (κ2) is 9.59. The number of rotatable bonds is 3. The monoisotopic (exact) mass is 603 g/mol. The van der Waals surface area contributed by atoms with Crippen molar-refractivity contribution in [1.29, 1.82) is 0 Å². The Labute approximate surface area is 271 Å². The van der Waals surface area contributed by atoms with Gasteiger partial charge < -0.3 is 9.88 Å². The lowest BCUT2D eigenvalue weighted by Crippen LogP contribution is -2.37. The first kappa shape index (κ1) is 26.0. The van der Waals surface area contributed by atoms with Gasteiger partial charge in [-0.2, -0.15) is 0 Å². The van der Waals surface area contributed by atoms with E-state index in [1.54, 1.807) is 0 Å². The molecule has 2 aromatic heterocycles. The Bertz CT molecular complexity index is 2710. The van der Waals surface area contributed by atoms with E-state index in [1.165, 1.54) is 91.6 Å². The van der Waals surface area contributed by atoms with Crippen molar-refractivity contribution < 1.29 is 0 Å². The Kier molecular flexibility index (Phi) is 5.41. The molecule has 1 aliphatic rings. The highest BCUT2D eigenvalue weighted by Gasteiger charge is 2.28. The van der Waals surface area contributed by atoms with Gasteiger partial charge in [0.05, 0.1) is 5.52 Å². The zero-order valence-corrected chi connectivity index (χ0v) is 26.4. The van der Waals surface area contributed by atoms with Crippen LogP contribution >= 0.6 is 11.3 Å². The van der Waals surface area contributed by atoms with Crippen LogP contribution in [0.4, 0.5) is 11.4 Å². The van der Waals surface area contributed by atoms with E-state index in [0.717, 1.165) is 11.4 Å². The normalized spacial score (nSPS) is 12.3. The lowest BCUT2D eigenvalue weighted by molar-refractivity contribution is 1.20. The van der Waals surface area contributed by atoms with E-state index in [4.69, 9.17) is 0 Å². The quantitative estimate of drug-likeness (QED) is 0.199. The molecular weight excluding hydrogens is 575 g/mol. The number of aromatic nitrogens is 1. The first-order valence-corrected chi connectivity index (χ1v) is 16.7. The topological polar surface area (TPSA) is 17.0 Å². The standard InChI is InChI=1S/C42H28BN2S/c1-24-15-17-28(18-16-24)44-35-13-7-5-11-29(35)32-19-25(2)40-33-20-26-9-3-4-10-27(26)21-36(33)45-37-22-31-30-12-6-8-14-38(30)46-39(31)23-34(37)43-41(32)42(40)45/h3-23,44H,1-2H3. The zero-order valence-electron chi connectivity index (χ0n) is 25.6. The number of benzene rings is 7. The Morgan fingerprint density at radius 2 is 1.39 bits per heavy atom. The molecule has 10 rings (SSSR count). The van der Waals surface area contributed by atoms with Gasteiger partial charge in [0.25, 0.3) is 0 Å². The van der Waals surface area contributed by atoms with E-state index >= 15 is 0 Å². The van der Waals surface area contributed by atoms with Crippen molar-refractivity contribution in [1.82, 2.24) is 4.57 Å². The summed E-state index contributed by atoms with van der Waals surface area (Å²) < 4.78 is 5.21.